The fourth-order valence-electron chi connectivity index (χ4n) is 2.84. The van der Waals surface area contributed by atoms with E-state index in [-0.39, 0.29) is 19.1 Å². The summed E-state index contributed by atoms with van der Waals surface area (Å²) in [6.45, 7) is 2.03. The zero-order chi connectivity index (χ0) is 16.8. The molecule has 0 radical (unpaired) electrons. The molecule has 0 spiro atoms. The van der Waals surface area contributed by atoms with Crippen LogP contribution in [-0.2, 0) is 20.7 Å². The van der Waals surface area contributed by atoms with Crippen LogP contribution in [0, 0.1) is 5.92 Å². The molecule has 1 heterocycles. The minimum Gasteiger partial charge on any atom is -0.481 e. The zero-order valence-electron chi connectivity index (χ0n) is 13.1. The van der Waals surface area contributed by atoms with Crippen molar-refractivity contribution in [2.75, 3.05) is 6.61 Å². The standard InChI is InChI=1S/C17H21NO5/c1-2-6-13(10-15(19)20)16(21)18-14(11-23-17(18)22)9-12-7-4-3-5-8-12/h3-5,7-8,13-14H,2,6,9-11H2,1H3,(H,19,20)/t13-,14+/m1/s1. The lowest BCUT2D eigenvalue weighted by molar-refractivity contribution is -0.144. The predicted molar refractivity (Wildman–Crippen MR) is 82.8 cm³/mol. The van der Waals surface area contributed by atoms with Gasteiger partial charge >= 0.3 is 12.1 Å². The topological polar surface area (TPSA) is 83.9 Å². The van der Waals surface area contributed by atoms with E-state index in [2.05, 4.69) is 0 Å². The fraction of sp³-hybridized carbons (Fsp3) is 0.471. The van der Waals surface area contributed by atoms with Crippen LogP contribution in [0.5, 0.6) is 0 Å². The number of carbonyl (C=O) groups excluding carboxylic acids is 2. The number of nitrogens with zero attached hydrogens (tertiary/aromatic N) is 1. The summed E-state index contributed by atoms with van der Waals surface area (Å²) in [5, 5.41) is 8.98. The summed E-state index contributed by atoms with van der Waals surface area (Å²) in [7, 11) is 0. The third-order valence-electron chi connectivity index (χ3n) is 3.92. The van der Waals surface area contributed by atoms with E-state index in [9.17, 15) is 14.4 Å². The fourth-order valence-corrected chi connectivity index (χ4v) is 2.84. The molecule has 2 atom stereocenters. The monoisotopic (exact) mass is 319 g/mol. The zero-order valence-corrected chi connectivity index (χ0v) is 13.1. The Hall–Kier alpha value is -2.37. The number of rotatable bonds is 7. The Morgan fingerprint density at radius 1 is 1.35 bits per heavy atom. The van der Waals surface area contributed by atoms with Crippen molar-refractivity contribution in [3.8, 4) is 0 Å². The summed E-state index contributed by atoms with van der Waals surface area (Å²) < 4.78 is 5.02. The quantitative estimate of drug-likeness (QED) is 0.834. The molecule has 1 aromatic carbocycles. The third-order valence-corrected chi connectivity index (χ3v) is 3.92. The van der Waals surface area contributed by atoms with Gasteiger partial charge in [-0.2, -0.15) is 0 Å². The van der Waals surface area contributed by atoms with Gasteiger partial charge in [-0.25, -0.2) is 9.69 Å². The molecule has 124 valence electrons. The maximum absolute atomic E-state index is 12.6. The van der Waals surface area contributed by atoms with E-state index in [1.165, 1.54) is 0 Å². The number of aliphatic carboxylic acids is 1. The predicted octanol–water partition coefficient (Wildman–Crippen LogP) is 2.47. The molecule has 0 bridgehead atoms. The van der Waals surface area contributed by atoms with Crippen LogP contribution >= 0.6 is 0 Å². The van der Waals surface area contributed by atoms with Gasteiger partial charge in [0.25, 0.3) is 0 Å². The van der Waals surface area contributed by atoms with E-state index >= 15 is 0 Å². The molecule has 1 N–H and O–H groups in total. The average Bonchev–Trinajstić information content (AvgIpc) is 2.87. The Bertz CT molecular complexity index is 572. The molecule has 0 aromatic heterocycles. The summed E-state index contributed by atoms with van der Waals surface area (Å²) in [6.07, 6.45) is 0.671. The molecule has 6 heteroatoms. The first kappa shape index (κ1) is 17.0. The summed E-state index contributed by atoms with van der Waals surface area (Å²) in [5.74, 6) is -2.18. The lowest BCUT2D eigenvalue weighted by atomic mass is 9.96. The van der Waals surface area contributed by atoms with Crippen LogP contribution < -0.4 is 0 Å². The summed E-state index contributed by atoms with van der Waals surface area (Å²) in [6, 6.07) is 9.14. The molecule has 1 fully saturated rings. The number of carboxylic acids is 1. The van der Waals surface area contributed by atoms with Crippen molar-refractivity contribution >= 4 is 18.0 Å². The number of ether oxygens (including phenoxy) is 1. The molecular weight excluding hydrogens is 298 g/mol. The van der Waals surface area contributed by atoms with Gasteiger partial charge < -0.3 is 9.84 Å². The Labute approximate surface area is 135 Å². The minimum absolute atomic E-state index is 0.144. The van der Waals surface area contributed by atoms with E-state index in [1.807, 2.05) is 37.3 Å². The molecule has 2 amide bonds. The molecule has 1 aromatic rings. The highest BCUT2D eigenvalue weighted by atomic mass is 16.6. The lowest BCUT2D eigenvalue weighted by Gasteiger charge is -2.24. The number of amides is 2. The number of carbonyl (C=O) groups is 3. The van der Waals surface area contributed by atoms with Crippen LogP contribution in [0.3, 0.4) is 0 Å². The first-order valence-corrected chi connectivity index (χ1v) is 7.78. The minimum atomic E-state index is -1.04. The van der Waals surface area contributed by atoms with Crippen molar-refractivity contribution in [1.29, 1.82) is 0 Å². The second kappa shape index (κ2) is 7.76. The van der Waals surface area contributed by atoms with Gasteiger partial charge in [0, 0.05) is 5.92 Å². The molecule has 23 heavy (non-hydrogen) atoms. The van der Waals surface area contributed by atoms with Crippen molar-refractivity contribution in [1.82, 2.24) is 4.90 Å². The van der Waals surface area contributed by atoms with Gasteiger partial charge in [-0.3, -0.25) is 9.59 Å². The lowest BCUT2D eigenvalue weighted by Crippen LogP contribution is -2.44. The van der Waals surface area contributed by atoms with Crippen molar-refractivity contribution in [2.45, 2.75) is 38.6 Å². The molecule has 0 aliphatic carbocycles. The van der Waals surface area contributed by atoms with Crippen LogP contribution in [-0.4, -0.2) is 40.6 Å². The van der Waals surface area contributed by atoms with Crippen molar-refractivity contribution in [2.24, 2.45) is 5.92 Å². The Morgan fingerprint density at radius 3 is 2.65 bits per heavy atom. The van der Waals surface area contributed by atoms with Crippen LogP contribution in [0.2, 0.25) is 0 Å². The molecule has 1 aliphatic rings. The maximum Gasteiger partial charge on any atom is 0.416 e. The second-order valence-corrected chi connectivity index (χ2v) is 5.71. The van der Waals surface area contributed by atoms with Gasteiger partial charge in [0.2, 0.25) is 5.91 Å². The Balaban J connectivity index is 2.14. The molecular formula is C17H21NO5. The second-order valence-electron chi connectivity index (χ2n) is 5.71. The van der Waals surface area contributed by atoms with Gasteiger partial charge in [-0.15, -0.1) is 0 Å². The molecule has 0 unspecified atom stereocenters. The highest BCUT2D eigenvalue weighted by Crippen LogP contribution is 2.23. The molecule has 1 saturated heterocycles. The van der Waals surface area contributed by atoms with E-state index in [4.69, 9.17) is 9.84 Å². The normalized spacial score (nSPS) is 18.6. The largest absolute Gasteiger partial charge is 0.481 e. The number of carboxylic acid groups (broad SMARTS) is 1. The van der Waals surface area contributed by atoms with Gasteiger partial charge in [0.05, 0.1) is 12.5 Å². The Kier molecular flexibility index (Phi) is 5.73. The van der Waals surface area contributed by atoms with Crippen LogP contribution in [0.25, 0.3) is 0 Å². The number of cyclic esters (lactones) is 1. The molecule has 1 aliphatic heterocycles. The van der Waals surface area contributed by atoms with E-state index in [0.29, 0.717) is 19.3 Å². The Morgan fingerprint density at radius 2 is 2.04 bits per heavy atom. The van der Waals surface area contributed by atoms with Gasteiger partial charge in [0.1, 0.15) is 6.61 Å². The highest BCUT2D eigenvalue weighted by Gasteiger charge is 2.40. The first-order valence-electron chi connectivity index (χ1n) is 7.78. The number of benzene rings is 1. The van der Waals surface area contributed by atoms with Gasteiger partial charge in [0.15, 0.2) is 0 Å². The first-order chi connectivity index (χ1) is 11.0. The van der Waals surface area contributed by atoms with Crippen LogP contribution in [0.15, 0.2) is 30.3 Å². The number of hydrogen-bond donors (Lipinski definition) is 1. The van der Waals surface area contributed by atoms with Crippen molar-refractivity contribution < 1.29 is 24.2 Å². The third kappa shape index (κ3) is 4.31. The van der Waals surface area contributed by atoms with E-state index in [0.717, 1.165) is 10.5 Å². The summed E-state index contributed by atoms with van der Waals surface area (Å²) >= 11 is 0. The summed E-state index contributed by atoms with van der Waals surface area (Å²) in [5.41, 5.74) is 0.999. The number of hydrogen-bond acceptors (Lipinski definition) is 4. The van der Waals surface area contributed by atoms with E-state index < -0.39 is 23.9 Å². The molecule has 6 nitrogen and oxygen atoms in total. The van der Waals surface area contributed by atoms with Gasteiger partial charge in [-0.1, -0.05) is 43.7 Å². The average molecular weight is 319 g/mol. The van der Waals surface area contributed by atoms with E-state index in [1.54, 1.807) is 0 Å². The SMILES string of the molecule is CCC[C@H](CC(=O)O)C(=O)N1C(=O)OC[C@@H]1Cc1ccccc1. The van der Waals surface area contributed by atoms with Crippen molar-refractivity contribution in [3.05, 3.63) is 35.9 Å². The van der Waals surface area contributed by atoms with Crippen LogP contribution in [0.4, 0.5) is 4.79 Å². The summed E-state index contributed by atoms with van der Waals surface area (Å²) in [4.78, 5) is 36.7. The van der Waals surface area contributed by atoms with Crippen molar-refractivity contribution in [3.63, 3.8) is 0 Å². The number of imide groups is 1. The molecule has 0 saturated carbocycles. The smallest absolute Gasteiger partial charge is 0.416 e. The maximum atomic E-state index is 12.6. The highest BCUT2D eigenvalue weighted by molar-refractivity contribution is 5.96. The van der Waals surface area contributed by atoms with Crippen LogP contribution in [0.1, 0.15) is 31.7 Å². The van der Waals surface area contributed by atoms with Gasteiger partial charge in [-0.05, 0) is 18.4 Å². The molecule has 2 rings (SSSR count).